The Bertz CT molecular complexity index is 970. The van der Waals surface area contributed by atoms with Crippen molar-refractivity contribution >= 4 is 40.9 Å². The zero-order chi connectivity index (χ0) is 21.8. The average Bonchev–Trinajstić information content (AvgIpc) is 2.81. The first-order valence-electron chi connectivity index (χ1n) is 10.8. The van der Waals surface area contributed by atoms with Gasteiger partial charge >= 0.3 is 0 Å². The lowest BCUT2D eigenvalue weighted by Crippen LogP contribution is -2.52. The molecule has 0 spiro atoms. The highest BCUT2D eigenvalue weighted by Gasteiger charge is 2.40. The fourth-order valence-electron chi connectivity index (χ4n) is 3.98. The standard InChI is InChI=1S/C24H27N3O3S/c1-2-17-10-12-18(13-11-17)25-21(28)16-27-19-8-4-5-9-20(19)31-22(24(27)30)23(29)26-14-6-3-7-15-26/h4-5,8-13,22H,2-3,6-7,14-16H2,1H3,(H,25,28). The molecule has 1 atom stereocenters. The number of rotatable bonds is 5. The highest BCUT2D eigenvalue weighted by Crippen LogP contribution is 2.39. The van der Waals surface area contributed by atoms with Gasteiger partial charge in [-0.3, -0.25) is 14.4 Å². The molecule has 1 unspecified atom stereocenters. The number of piperidine rings is 1. The Kier molecular flexibility index (Phi) is 6.61. The minimum atomic E-state index is -0.843. The largest absolute Gasteiger partial charge is 0.341 e. The molecule has 0 aromatic heterocycles. The summed E-state index contributed by atoms with van der Waals surface area (Å²) in [7, 11) is 0. The van der Waals surface area contributed by atoms with Crippen LogP contribution in [0.1, 0.15) is 31.7 Å². The number of anilines is 2. The van der Waals surface area contributed by atoms with E-state index in [0.29, 0.717) is 24.5 Å². The third kappa shape index (κ3) is 4.77. The lowest BCUT2D eigenvalue weighted by molar-refractivity contribution is -0.135. The number of aryl methyl sites for hydroxylation is 1. The van der Waals surface area contributed by atoms with Crippen LogP contribution in [0.25, 0.3) is 0 Å². The van der Waals surface area contributed by atoms with Crippen molar-refractivity contribution in [3.8, 4) is 0 Å². The van der Waals surface area contributed by atoms with Crippen LogP contribution in [0.3, 0.4) is 0 Å². The zero-order valence-electron chi connectivity index (χ0n) is 17.7. The van der Waals surface area contributed by atoms with E-state index in [4.69, 9.17) is 0 Å². The molecule has 2 heterocycles. The van der Waals surface area contributed by atoms with Gasteiger partial charge in [0.15, 0.2) is 5.25 Å². The molecule has 2 aliphatic heterocycles. The van der Waals surface area contributed by atoms with Crippen molar-refractivity contribution in [2.75, 3.05) is 29.9 Å². The second-order valence-electron chi connectivity index (χ2n) is 7.87. The van der Waals surface area contributed by atoms with Gasteiger partial charge in [0.2, 0.25) is 11.8 Å². The molecule has 3 amide bonds. The van der Waals surface area contributed by atoms with Crippen LogP contribution < -0.4 is 10.2 Å². The number of amides is 3. The van der Waals surface area contributed by atoms with Crippen molar-refractivity contribution in [1.82, 2.24) is 4.90 Å². The molecule has 2 aliphatic rings. The van der Waals surface area contributed by atoms with E-state index in [-0.39, 0.29) is 24.3 Å². The van der Waals surface area contributed by atoms with E-state index in [1.54, 1.807) is 4.90 Å². The van der Waals surface area contributed by atoms with Gasteiger partial charge in [0.1, 0.15) is 6.54 Å². The number of thioether (sulfide) groups is 1. The predicted octanol–water partition coefficient (Wildman–Crippen LogP) is 3.71. The van der Waals surface area contributed by atoms with Gasteiger partial charge in [0.25, 0.3) is 5.91 Å². The summed E-state index contributed by atoms with van der Waals surface area (Å²) in [6, 6.07) is 15.1. The quantitative estimate of drug-likeness (QED) is 0.724. The number of nitrogens with zero attached hydrogens (tertiary/aromatic N) is 2. The Morgan fingerprint density at radius 3 is 2.45 bits per heavy atom. The number of likely N-dealkylation sites (tertiary alicyclic amines) is 1. The molecular formula is C24H27N3O3S. The predicted molar refractivity (Wildman–Crippen MR) is 123 cm³/mol. The van der Waals surface area contributed by atoms with Gasteiger partial charge in [0.05, 0.1) is 5.69 Å². The second-order valence-corrected chi connectivity index (χ2v) is 9.02. The van der Waals surface area contributed by atoms with Crippen LogP contribution in [0.5, 0.6) is 0 Å². The number of hydrogen-bond acceptors (Lipinski definition) is 4. The fraction of sp³-hybridized carbons (Fsp3) is 0.375. The van der Waals surface area contributed by atoms with Crippen molar-refractivity contribution in [2.45, 2.75) is 42.8 Å². The zero-order valence-corrected chi connectivity index (χ0v) is 18.5. The maximum absolute atomic E-state index is 13.3. The van der Waals surface area contributed by atoms with E-state index in [9.17, 15) is 14.4 Å². The first-order chi connectivity index (χ1) is 15.1. The lowest BCUT2D eigenvalue weighted by atomic mass is 10.1. The summed E-state index contributed by atoms with van der Waals surface area (Å²) in [5.74, 6) is -0.760. The topological polar surface area (TPSA) is 69.7 Å². The molecule has 1 fully saturated rings. The van der Waals surface area contributed by atoms with Crippen LogP contribution in [0, 0.1) is 0 Å². The van der Waals surface area contributed by atoms with Gasteiger partial charge in [-0.25, -0.2) is 0 Å². The van der Waals surface area contributed by atoms with Crippen LogP contribution in [-0.4, -0.2) is 47.5 Å². The Hall–Kier alpha value is -2.80. The van der Waals surface area contributed by atoms with Crippen LogP contribution in [0.15, 0.2) is 53.4 Å². The SMILES string of the molecule is CCc1ccc(NC(=O)CN2C(=O)C(C(=O)N3CCCCC3)Sc3ccccc32)cc1. The third-order valence-electron chi connectivity index (χ3n) is 5.73. The molecular weight excluding hydrogens is 410 g/mol. The van der Waals surface area contributed by atoms with Gasteiger partial charge in [-0.2, -0.15) is 0 Å². The first-order valence-corrected chi connectivity index (χ1v) is 11.7. The monoisotopic (exact) mass is 437 g/mol. The van der Waals surface area contributed by atoms with Gasteiger partial charge in [-0.1, -0.05) is 31.2 Å². The molecule has 0 radical (unpaired) electrons. The van der Waals surface area contributed by atoms with Crippen LogP contribution in [-0.2, 0) is 20.8 Å². The van der Waals surface area contributed by atoms with Gasteiger partial charge in [0, 0.05) is 23.7 Å². The number of hydrogen-bond donors (Lipinski definition) is 1. The molecule has 2 aromatic rings. The Morgan fingerprint density at radius 2 is 1.74 bits per heavy atom. The molecule has 6 nitrogen and oxygen atoms in total. The van der Waals surface area contributed by atoms with Gasteiger partial charge < -0.3 is 15.1 Å². The molecule has 7 heteroatoms. The molecule has 31 heavy (non-hydrogen) atoms. The summed E-state index contributed by atoms with van der Waals surface area (Å²) in [5.41, 5.74) is 2.56. The molecule has 0 saturated carbocycles. The maximum atomic E-state index is 13.3. The summed E-state index contributed by atoms with van der Waals surface area (Å²) >= 11 is 1.29. The highest BCUT2D eigenvalue weighted by molar-refractivity contribution is 8.01. The van der Waals surface area contributed by atoms with Crippen LogP contribution in [0.2, 0.25) is 0 Å². The third-order valence-corrected chi connectivity index (χ3v) is 6.97. The van der Waals surface area contributed by atoms with E-state index < -0.39 is 5.25 Å². The molecule has 1 N–H and O–H groups in total. The van der Waals surface area contributed by atoms with E-state index >= 15 is 0 Å². The number of nitrogens with one attached hydrogen (secondary N) is 1. The normalized spacial score (nSPS) is 18.5. The summed E-state index contributed by atoms with van der Waals surface area (Å²) in [4.78, 5) is 43.3. The smallest absolute Gasteiger partial charge is 0.250 e. The number of fused-ring (bicyclic) bond motifs is 1. The van der Waals surface area contributed by atoms with Gasteiger partial charge in [-0.15, -0.1) is 11.8 Å². The van der Waals surface area contributed by atoms with Crippen molar-refractivity contribution in [3.05, 3.63) is 54.1 Å². The van der Waals surface area contributed by atoms with Crippen LogP contribution >= 0.6 is 11.8 Å². The molecule has 0 aliphatic carbocycles. The molecule has 0 bridgehead atoms. The molecule has 1 saturated heterocycles. The number of carbonyl (C=O) groups is 3. The summed E-state index contributed by atoms with van der Waals surface area (Å²) in [5, 5.41) is 2.02. The summed E-state index contributed by atoms with van der Waals surface area (Å²) < 4.78 is 0. The van der Waals surface area contributed by atoms with E-state index in [0.717, 1.165) is 30.6 Å². The minimum Gasteiger partial charge on any atom is -0.341 e. The molecule has 4 rings (SSSR count). The second kappa shape index (κ2) is 9.56. The maximum Gasteiger partial charge on any atom is 0.250 e. The van der Waals surface area contributed by atoms with Crippen LogP contribution in [0.4, 0.5) is 11.4 Å². The van der Waals surface area contributed by atoms with Crippen molar-refractivity contribution in [1.29, 1.82) is 0 Å². The molecule has 2 aromatic carbocycles. The van der Waals surface area contributed by atoms with E-state index in [1.807, 2.05) is 48.5 Å². The number of carbonyl (C=O) groups excluding carboxylic acids is 3. The van der Waals surface area contributed by atoms with Crippen molar-refractivity contribution in [2.24, 2.45) is 0 Å². The Labute approximate surface area is 187 Å². The van der Waals surface area contributed by atoms with Gasteiger partial charge in [-0.05, 0) is 55.5 Å². The average molecular weight is 438 g/mol. The lowest BCUT2D eigenvalue weighted by Gasteiger charge is -2.36. The Balaban J connectivity index is 1.52. The first kappa shape index (κ1) is 21.4. The van der Waals surface area contributed by atoms with E-state index in [1.165, 1.54) is 22.2 Å². The number of para-hydroxylation sites is 1. The minimum absolute atomic E-state index is 0.129. The highest BCUT2D eigenvalue weighted by atomic mass is 32.2. The Morgan fingerprint density at radius 1 is 1.03 bits per heavy atom. The number of benzene rings is 2. The van der Waals surface area contributed by atoms with E-state index in [2.05, 4.69) is 12.2 Å². The molecule has 162 valence electrons. The summed E-state index contributed by atoms with van der Waals surface area (Å²) in [6.45, 7) is 3.33. The van der Waals surface area contributed by atoms with Crippen molar-refractivity contribution in [3.63, 3.8) is 0 Å². The summed E-state index contributed by atoms with van der Waals surface area (Å²) in [6.07, 6.45) is 3.98. The fourth-order valence-corrected chi connectivity index (χ4v) is 5.17. The van der Waals surface area contributed by atoms with Crippen molar-refractivity contribution < 1.29 is 14.4 Å².